The topological polar surface area (TPSA) is 101 Å². The van der Waals surface area contributed by atoms with E-state index in [4.69, 9.17) is 21.1 Å². The summed E-state index contributed by atoms with van der Waals surface area (Å²) in [6.07, 6.45) is 11.3. The van der Waals surface area contributed by atoms with E-state index in [1.807, 2.05) is 56.9 Å². The monoisotopic (exact) mass is 610 g/mol. The first-order chi connectivity index (χ1) is 20.6. The Bertz CT molecular complexity index is 1380. The number of imidazole rings is 1. The van der Waals surface area contributed by atoms with Gasteiger partial charge in [0.15, 0.2) is 0 Å². The number of ether oxygens (including phenoxy) is 2. The first kappa shape index (κ1) is 32.3. The summed E-state index contributed by atoms with van der Waals surface area (Å²) in [6, 6.07) is 5.48. The molecule has 2 aliphatic rings. The molecule has 2 amide bonds. The zero-order chi connectivity index (χ0) is 31.1. The largest absolute Gasteiger partial charge is 0.447 e. The molecule has 1 aliphatic carbocycles. The summed E-state index contributed by atoms with van der Waals surface area (Å²) in [5.41, 5.74) is 4.88. The number of allylic oxidation sites excluding steroid dienone is 3. The second kappa shape index (κ2) is 14.7. The van der Waals surface area contributed by atoms with Gasteiger partial charge in [-0.25, -0.2) is 9.78 Å². The molecule has 3 atom stereocenters. The molecule has 4 rings (SSSR count). The third kappa shape index (κ3) is 7.87. The number of methoxy groups -OCH3 is 1. The average Bonchev–Trinajstić information content (AvgIpc) is 3.34. The van der Waals surface area contributed by atoms with Crippen molar-refractivity contribution in [1.29, 1.82) is 0 Å². The van der Waals surface area contributed by atoms with Crippen molar-refractivity contribution < 1.29 is 19.1 Å². The third-order valence-corrected chi connectivity index (χ3v) is 8.08. The van der Waals surface area contributed by atoms with Crippen LogP contribution in [0.15, 0.2) is 60.7 Å². The summed E-state index contributed by atoms with van der Waals surface area (Å²) in [6.45, 7) is 7.99. The van der Waals surface area contributed by atoms with Crippen molar-refractivity contribution in [3.05, 3.63) is 82.6 Å². The molecule has 0 spiro atoms. The summed E-state index contributed by atoms with van der Waals surface area (Å²) in [5, 5.41) is 6.88. The molecule has 1 fully saturated rings. The maximum atomic E-state index is 13.3. The van der Waals surface area contributed by atoms with Crippen LogP contribution in [0.4, 0.5) is 4.79 Å². The number of piperazine rings is 1. The number of carbonyl (C=O) groups excluding carboxylic acids is 2. The van der Waals surface area contributed by atoms with Crippen LogP contribution in [0.5, 0.6) is 0 Å². The van der Waals surface area contributed by atoms with E-state index in [1.54, 1.807) is 24.3 Å². The summed E-state index contributed by atoms with van der Waals surface area (Å²) in [4.78, 5) is 34.4. The van der Waals surface area contributed by atoms with E-state index in [1.165, 1.54) is 7.11 Å². The molecular formula is C32H43ClN6O4. The third-order valence-electron chi connectivity index (χ3n) is 7.85. The Morgan fingerprint density at radius 3 is 2.53 bits per heavy atom. The average molecular weight is 611 g/mol. The van der Waals surface area contributed by atoms with Crippen LogP contribution in [0, 0.1) is 0 Å². The number of nitrogens with one attached hydrogen (secondary N) is 2. The number of amides is 2. The molecule has 0 saturated carbocycles. The standard InChI is InChI=1S/C32H43ClN6O4/c1-21(2)43-32(41)39-14-12-38(13-15-39)28-17-23(8-7-11-34-4)16-27(26-18-24(33)9-10-25(26)28)30(29-19-35-20-37(29)5)36-31(40)22(3)42-6/h7-11,16,18-22,28,30,34H,12-15,17H2,1-6H3,(H,36,40)/b11-7-,23-8-. The quantitative estimate of drug-likeness (QED) is 0.427. The summed E-state index contributed by atoms with van der Waals surface area (Å²) < 4.78 is 12.7. The first-order valence-electron chi connectivity index (χ1n) is 14.7. The van der Waals surface area contributed by atoms with Crippen molar-refractivity contribution in [1.82, 2.24) is 30.0 Å². The summed E-state index contributed by atoms with van der Waals surface area (Å²) in [7, 11) is 5.29. The SMILES string of the molecule is CN/C=C\C=C1\C=C(C(NC(=O)C(C)OC)c2cncn2C)c2cc(Cl)ccc2C(N2CCN(C(=O)OC(C)C)CC2)C1. The second-order valence-corrected chi connectivity index (χ2v) is 11.6. The molecule has 2 N–H and O–H groups in total. The second-order valence-electron chi connectivity index (χ2n) is 11.1. The normalized spacial score (nSPS) is 20.0. The molecule has 10 nitrogen and oxygen atoms in total. The van der Waals surface area contributed by atoms with Crippen LogP contribution in [0.1, 0.15) is 56.1 Å². The minimum atomic E-state index is -0.638. The van der Waals surface area contributed by atoms with E-state index < -0.39 is 12.1 Å². The van der Waals surface area contributed by atoms with Crippen LogP contribution in [0.3, 0.4) is 0 Å². The number of nitrogens with zero attached hydrogens (tertiary/aromatic N) is 4. The van der Waals surface area contributed by atoms with Crippen LogP contribution in [0.25, 0.3) is 5.57 Å². The highest BCUT2D eigenvalue weighted by molar-refractivity contribution is 6.30. The van der Waals surface area contributed by atoms with E-state index in [9.17, 15) is 9.59 Å². The highest BCUT2D eigenvalue weighted by Crippen LogP contribution is 2.43. The Morgan fingerprint density at radius 1 is 1.16 bits per heavy atom. The fourth-order valence-electron chi connectivity index (χ4n) is 5.50. The van der Waals surface area contributed by atoms with E-state index in [0.717, 1.165) is 34.4 Å². The van der Waals surface area contributed by atoms with Gasteiger partial charge in [0.1, 0.15) is 6.10 Å². The lowest BCUT2D eigenvalue weighted by Gasteiger charge is -2.39. The van der Waals surface area contributed by atoms with Crippen LogP contribution in [-0.2, 0) is 21.3 Å². The van der Waals surface area contributed by atoms with E-state index in [2.05, 4.69) is 38.7 Å². The Morgan fingerprint density at radius 2 is 1.91 bits per heavy atom. The van der Waals surface area contributed by atoms with Gasteiger partial charge in [-0.3, -0.25) is 9.69 Å². The number of hydrogen-bond donors (Lipinski definition) is 2. The predicted molar refractivity (Wildman–Crippen MR) is 168 cm³/mol. The number of aromatic nitrogens is 2. The van der Waals surface area contributed by atoms with Gasteiger partial charge in [0.05, 0.1) is 30.4 Å². The Labute approximate surface area is 259 Å². The van der Waals surface area contributed by atoms with E-state index in [-0.39, 0.29) is 24.1 Å². The molecule has 1 aliphatic heterocycles. The maximum absolute atomic E-state index is 13.3. The smallest absolute Gasteiger partial charge is 0.410 e. The highest BCUT2D eigenvalue weighted by atomic mass is 35.5. The molecular weight excluding hydrogens is 568 g/mol. The molecule has 1 aromatic carbocycles. The van der Waals surface area contributed by atoms with Crippen molar-refractivity contribution >= 4 is 29.2 Å². The molecule has 0 bridgehead atoms. The lowest BCUT2D eigenvalue weighted by molar-refractivity contribution is -0.130. The zero-order valence-electron chi connectivity index (χ0n) is 25.8. The van der Waals surface area contributed by atoms with Gasteiger partial charge in [-0.05, 0) is 73.9 Å². The maximum Gasteiger partial charge on any atom is 0.410 e. The molecule has 232 valence electrons. The van der Waals surface area contributed by atoms with E-state index >= 15 is 0 Å². The number of halogens is 1. The highest BCUT2D eigenvalue weighted by Gasteiger charge is 2.34. The lowest BCUT2D eigenvalue weighted by atomic mass is 9.90. The van der Waals surface area contributed by atoms with Crippen LogP contribution in [0.2, 0.25) is 5.02 Å². The Hall–Kier alpha value is -3.60. The van der Waals surface area contributed by atoms with Gasteiger partial charge in [0.2, 0.25) is 5.91 Å². The Balaban J connectivity index is 1.79. The number of hydrogen-bond acceptors (Lipinski definition) is 7. The Kier molecular flexibility index (Phi) is 11.1. The number of rotatable bonds is 9. The molecule has 2 aromatic rings. The molecule has 43 heavy (non-hydrogen) atoms. The fourth-order valence-corrected chi connectivity index (χ4v) is 5.68. The molecule has 2 heterocycles. The van der Waals surface area contributed by atoms with Crippen LogP contribution < -0.4 is 10.6 Å². The van der Waals surface area contributed by atoms with Crippen molar-refractivity contribution in [2.24, 2.45) is 7.05 Å². The predicted octanol–water partition coefficient (Wildman–Crippen LogP) is 4.62. The van der Waals surface area contributed by atoms with Crippen molar-refractivity contribution in [2.45, 2.75) is 51.5 Å². The van der Waals surface area contributed by atoms with Gasteiger partial charge in [0.25, 0.3) is 0 Å². The molecule has 1 aromatic heterocycles. The first-order valence-corrected chi connectivity index (χ1v) is 15.0. The molecule has 3 unspecified atom stereocenters. The minimum Gasteiger partial charge on any atom is -0.447 e. The molecule has 11 heteroatoms. The van der Waals surface area contributed by atoms with Crippen molar-refractivity contribution in [3.63, 3.8) is 0 Å². The van der Waals surface area contributed by atoms with Crippen LogP contribution in [-0.4, -0.2) is 83.9 Å². The molecule has 1 saturated heterocycles. The number of aryl methyl sites for hydroxylation is 1. The van der Waals surface area contributed by atoms with Gasteiger partial charge in [0, 0.05) is 58.4 Å². The van der Waals surface area contributed by atoms with Gasteiger partial charge < -0.3 is 29.6 Å². The number of carbonyl (C=O) groups is 2. The number of fused-ring (bicyclic) bond motifs is 1. The van der Waals surface area contributed by atoms with E-state index in [0.29, 0.717) is 31.2 Å². The minimum absolute atomic E-state index is 0.0132. The summed E-state index contributed by atoms with van der Waals surface area (Å²) >= 11 is 6.64. The van der Waals surface area contributed by atoms with Crippen molar-refractivity contribution in [3.8, 4) is 0 Å². The van der Waals surface area contributed by atoms with Gasteiger partial charge in [-0.2, -0.15) is 0 Å². The number of benzene rings is 1. The van der Waals surface area contributed by atoms with Gasteiger partial charge in [-0.15, -0.1) is 0 Å². The van der Waals surface area contributed by atoms with Gasteiger partial charge in [-0.1, -0.05) is 29.8 Å². The zero-order valence-corrected chi connectivity index (χ0v) is 26.6. The summed E-state index contributed by atoms with van der Waals surface area (Å²) in [5.74, 6) is -0.232. The fraction of sp³-hybridized carbons (Fsp3) is 0.469. The van der Waals surface area contributed by atoms with Crippen LogP contribution >= 0.6 is 11.6 Å². The molecule has 0 radical (unpaired) electrons. The van der Waals surface area contributed by atoms with Crippen molar-refractivity contribution in [2.75, 3.05) is 40.3 Å². The lowest BCUT2D eigenvalue weighted by Crippen LogP contribution is -2.50. The van der Waals surface area contributed by atoms with Gasteiger partial charge >= 0.3 is 6.09 Å².